The Hall–Kier alpha value is -2.64. The molecule has 1 amide bonds. The van der Waals surface area contributed by atoms with Crippen molar-refractivity contribution < 1.29 is 14.3 Å². The van der Waals surface area contributed by atoms with Crippen LogP contribution in [0.15, 0.2) is 42.5 Å². The molecule has 7 heteroatoms. The molecule has 160 valence electrons. The second kappa shape index (κ2) is 9.91. The minimum Gasteiger partial charge on any atom is -0.497 e. The second-order valence-electron chi connectivity index (χ2n) is 7.69. The number of nitrogens with zero attached hydrogens (tertiary/aromatic N) is 3. The van der Waals surface area contributed by atoms with E-state index >= 15 is 0 Å². The highest BCUT2D eigenvalue weighted by atomic mass is 32.1. The summed E-state index contributed by atoms with van der Waals surface area (Å²) >= 11 is 1.48. The Bertz CT molecular complexity index is 983. The molecule has 0 unspecified atom stereocenters. The number of hydrogen-bond acceptors (Lipinski definition) is 6. The number of amides is 1. The van der Waals surface area contributed by atoms with Crippen molar-refractivity contribution in [2.45, 2.75) is 19.8 Å². The summed E-state index contributed by atoms with van der Waals surface area (Å²) in [6.45, 7) is 5.53. The van der Waals surface area contributed by atoms with Crippen LogP contribution in [0.25, 0.3) is 10.2 Å². The predicted molar refractivity (Wildman–Crippen MR) is 123 cm³/mol. The summed E-state index contributed by atoms with van der Waals surface area (Å²) < 4.78 is 12.1. The Kier molecular flexibility index (Phi) is 7.29. The molecule has 6 nitrogen and oxygen atoms in total. The van der Waals surface area contributed by atoms with E-state index in [0.29, 0.717) is 23.3 Å². The third-order valence-corrected chi connectivity index (χ3v) is 5.84. The average Bonchev–Trinajstić information content (AvgIpc) is 3.15. The van der Waals surface area contributed by atoms with Gasteiger partial charge in [-0.1, -0.05) is 37.3 Å². The monoisotopic (exact) mass is 427 g/mol. The van der Waals surface area contributed by atoms with Gasteiger partial charge >= 0.3 is 0 Å². The predicted octanol–water partition coefficient (Wildman–Crippen LogP) is 4.40. The molecular weight excluding hydrogens is 398 g/mol. The Morgan fingerprint density at radius 2 is 1.77 bits per heavy atom. The number of rotatable bonds is 9. The summed E-state index contributed by atoms with van der Waals surface area (Å²) in [5, 5.41) is 0.670. The van der Waals surface area contributed by atoms with E-state index in [1.54, 1.807) is 12.0 Å². The summed E-state index contributed by atoms with van der Waals surface area (Å²) in [6.07, 6.45) is 0. The van der Waals surface area contributed by atoms with Crippen molar-refractivity contribution in [2.24, 2.45) is 0 Å². The molecule has 0 aliphatic rings. The topological polar surface area (TPSA) is 54.9 Å². The molecule has 0 bridgehead atoms. The quantitative estimate of drug-likeness (QED) is 0.507. The van der Waals surface area contributed by atoms with Gasteiger partial charge in [-0.25, -0.2) is 4.98 Å². The van der Waals surface area contributed by atoms with E-state index in [1.165, 1.54) is 16.9 Å². The molecule has 3 aromatic rings. The standard InChI is InChI=1S/C23H29N3O3S/c1-16(2)17-6-8-18(9-7-17)29-15-22(27)26(13-12-25(3)4)23-24-20-11-10-19(28-5)14-21(20)30-23/h6-11,14,16H,12-13,15H2,1-5H3. The minimum absolute atomic E-state index is 0.0340. The number of methoxy groups -OCH3 is 1. The molecule has 30 heavy (non-hydrogen) atoms. The maximum atomic E-state index is 13.0. The Balaban J connectivity index is 1.76. The third-order valence-electron chi connectivity index (χ3n) is 4.80. The number of fused-ring (bicyclic) bond motifs is 1. The van der Waals surface area contributed by atoms with E-state index in [0.717, 1.165) is 22.5 Å². The molecule has 0 aliphatic carbocycles. The highest BCUT2D eigenvalue weighted by molar-refractivity contribution is 7.22. The van der Waals surface area contributed by atoms with Crippen LogP contribution in [0.3, 0.4) is 0 Å². The van der Waals surface area contributed by atoms with Crippen molar-refractivity contribution >= 4 is 32.6 Å². The van der Waals surface area contributed by atoms with Gasteiger partial charge in [0.2, 0.25) is 0 Å². The zero-order chi connectivity index (χ0) is 21.7. The first-order valence-corrected chi connectivity index (χ1v) is 10.8. The smallest absolute Gasteiger partial charge is 0.266 e. The lowest BCUT2D eigenvalue weighted by atomic mass is 10.0. The highest BCUT2D eigenvalue weighted by Crippen LogP contribution is 2.31. The number of thiazole rings is 1. The molecule has 0 spiro atoms. The SMILES string of the molecule is COc1ccc2nc(N(CCN(C)C)C(=O)COc3ccc(C(C)C)cc3)sc2c1. The second-order valence-corrected chi connectivity index (χ2v) is 8.70. The van der Waals surface area contributed by atoms with Crippen LogP contribution in [0.4, 0.5) is 5.13 Å². The number of aromatic nitrogens is 1. The average molecular weight is 428 g/mol. The van der Waals surface area contributed by atoms with E-state index in [4.69, 9.17) is 9.47 Å². The highest BCUT2D eigenvalue weighted by Gasteiger charge is 2.21. The van der Waals surface area contributed by atoms with Gasteiger partial charge in [-0.15, -0.1) is 0 Å². The molecule has 0 aliphatic heterocycles. The van der Waals surface area contributed by atoms with E-state index in [2.05, 4.69) is 18.8 Å². The maximum Gasteiger partial charge on any atom is 0.266 e. The number of benzene rings is 2. The van der Waals surface area contributed by atoms with Crippen molar-refractivity contribution in [2.75, 3.05) is 45.8 Å². The summed E-state index contributed by atoms with van der Waals surface area (Å²) in [7, 11) is 5.61. The first-order chi connectivity index (χ1) is 14.4. The number of anilines is 1. The molecule has 0 saturated carbocycles. The lowest BCUT2D eigenvalue weighted by molar-refractivity contribution is -0.120. The lowest BCUT2D eigenvalue weighted by Gasteiger charge is -2.22. The summed E-state index contributed by atoms with van der Waals surface area (Å²) in [4.78, 5) is 21.4. The van der Waals surface area contributed by atoms with Crippen LogP contribution in [0, 0.1) is 0 Å². The van der Waals surface area contributed by atoms with Crippen LogP contribution >= 0.6 is 11.3 Å². The third kappa shape index (κ3) is 5.49. The van der Waals surface area contributed by atoms with Crippen molar-refractivity contribution in [3.8, 4) is 11.5 Å². The Labute approximate surface area is 182 Å². The van der Waals surface area contributed by atoms with Crippen LogP contribution in [0.1, 0.15) is 25.3 Å². The van der Waals surface area contributed by atoms with Gasteiger partial charge in [0, 0.05) is 13.1 Å². The molecule has 3 rings (SSSR count). The van der Waals surface area contributed by atoms with Gasteiger partial charge in [0.1, 0.15) is 11.5 Å². The van der Waals surface area contributed by atoms with E-state index in [1.807, 2.05) is 61.5 Å². The Morgan fingerprint density at radius 3 is 2.40 bits per heavy atom. The van der Waals surface area contributed by atoms with E-state index < -0.39 is 0 Å². The van der Waals surface area contributed by atoms with Gasteiger partial charge in [0.25, 0.3) is 5.91 Å². The summed E-state index contributed by atoms with van der Waals surface area (Å²) in [6, 6.07) is 13.6. The van der Waals surface area contributed by atoms with Gasteiger partial charge < -0.3 is 14.4 Å². The van der Waals surface area contributed by atoms with Crippen molar-refractivity contribution in [1.82, 2.24) is 9.88 Å². The molecule has 0 radical (unpaired) electrons. The normalized spacial score (nSPS) is 11.3. The number of hydrogen-bond donors (Lipinski definition) is 0. The van der Waals surface area contributed by atoms with Crippen LogP contribution in [-0.2, 0) is 4.79 Å². The molecular formula is C23H29N3O3S. The molecule has 0 atom stereocenters. The lowest BCUT2D eigenvalue weighted by Crippen LogP contribution is -2.39. The van der Waals surface area contributed by atoms with Crippen molar-refractivity contribution in [3.63, 3.8) is 0 Å². The number of carbonyl (C=O) groups excluding carboxylic acids is 1. The maximum absolute atomic E-state index is 13.0. The molecule has 2 aromatic carbocycles. The van der Waals surface area contributed by atoms with Crippen LogP contribution < -0.4 is 14.4 Å². The number of likely N-dealkylation sites (N-methyl/N-ethyl adjacent to an activating group) is 1. The molecule has 0 N–H and O–H groups in total. The van der Waals surface area contributed by atoms with Crippen LogP contribution in [0.5, 0.6) is 11.5 Å². The van der Waals surface area contributed by atoms with Crippen molar-refractivity contribution in [1.29, 1.82) is 0 Å². The molecule has 0 saturated heterocycles. The van der Waals surface area contributed by atoms with Gasteiger partial charge in [0.05, 0.1) is 17.3 Å². The number of ether oxygens (including phenoxy) is 2. The van der Waals surface area contributed by atoms with Gasteiger partial charge in [-0.2, -0.15) is 0 Å². The summed E-state index contributed by atoms with van der Waals surface area (Å²) in [5.41, 5.74) is 2.09. The summed E-state index contributed by atoms with van der Waals surface area (Å²) in [5.74, 6) is 1.81. The molecule has 1 aromatic heterocycles. The Morgan fingerprint density at radius 1 is 1.07 bits per heavy atom. The first-order valence-electron chi connectivity index (χ1n) is 10.00. The van der Waals surface area contributed by atoms with Crippen molar-refractivity contribution in [3.05, 3.63) is 48.0 Å². The number of carbonyl (C=O) groups is 1. The van der Waals surface area contributed by atoms with Gasteiger partial charge in [-0.3, -0.25) is 9.69 Å². The fraction of sp³-hybridized carbons (Fsp3) is 0.391. The first kappa shape index (κ1) is 22.1. The minimum atomic E-state index is -0.115. The zero-order valence-corrected chi connectivity index (χ0v) is 19.0. The fourth-order valence-electron chi connectivity index (χ4n) is 2.93. The van der Waals surface area contributed by atoms with Gasteiger partial charge in [0.15, 0.2) is 11.7 Å². The van der Waals surface area contributed by atoms with Gasteiger partial charge in [-0.05, 0) is 55.9 Å². The van der Waals surface area contributed by atoms with Crippen LogP contribution in [0.2, 0.25) is 0 Å². The zero-order valence-electron chi connectivity index (χ0n) is 18.2. The van der Waals surface area contributed by atoms with E-state index in [9.17, 15) is 4.79 Å². The fourth-order valence-corrected chi connectivity index (χ4v) is 3.97. The largest absolute Gasteiger partial charge is 0.497 e. The van der Waals surface area contributed by atoms with Crippen LogP contribution in [-0.4, -0.2) is 56.7 Å². The molecule has 1 heterocycles. The molecule has 0 fully saturated rings. The van der Waals surface area contributed by atoms with E-state index in [-0.39, 0.29) is 12.5 Å².